The summed E-state index contributed by atoms with van der Waals surface area (Å²) in [5, 5.41) is 0. The Morgan fingerprint density at radius 2 is 2.15 bits per heavy atom. The molecule has 1 aliphatic heterocycles. The number of halogens is 1. The molecule has 4 heteroatoms. The van der Waals surface area contributed by atoms with E-state index in [0.29, 0.717) is 0 Å². The minimum atomic E-state index is -0.371. The normalized spacial score (nSPS) is 23.7. The van der Waals surface area contributed by atoms with Crippen LogP contribution in [0.1, 0.15) is 24.7 Å². The number of rotatable bonds is 1. The van der Waals surface area contributed by atoms with Gasteiger partial charge in [0.15, 0.2) is 5.82 Å². The van der Waals surface area contributed by atoms with Crippen LogP contribution < -0.4 is 0 Å². The first kappa shape index (κ1) is 8.56. The molecule has 1 aromatic heterocycles. The fraction of sp³-hybridized carbons (Fsp3) is 0.556. The zero-order valence-corrected chi connectivity index (χ0v) is 7.57. The van der Waals surface area contributed by atoms with Gasteiger partial charge >= 0.3 is 0 Å². The summed E-state index contributed by atoms with van der Waals surface area (Å²) in [6, 6.07) is 0.278. The van der Waals surface area contributed by atoms with Crippen molar-refractivity contribution in [2.45, 2.75) is 18.9 Å². The summed E-state index contributed by atoms with van der Waals surface area (Å²) in [4.78, 5) is 10.2. The molecular formula is C9H12FN3. The largest absolute Gasteiger partial charge is 0.296 e. The second kappa shape index (κ2) is 3.38. The van der Waals surface area contributed by atoms with E-state index in [-0.39, 0.29) is 11.9 Å². The summed E-state index contributed by atoms with van der Waals surface area (Å²) in [7, 11) is 2.05. The predicted molar refractivity (Wildman–Crippen MR) is 46.6 cm³/mol. The van der Waals surface area contributed by atoms with Crippen LogP contribution in [0.4, 0.5) is 4.39 Å². The second-order valence-corrected chi connectivity index (χ2v) is 3.40. The average molecular weight is 181 g/mol. The van der Waals surface area contributed by atoms with Gasteiger partial charge in [0, 0.05) is 0 Å². The number of hydrogen-bond donors (Lipinski definition) is 0. The molecule has 1 fully saturated rings. The Bertz CT molecular complexity index is 285. The molecule has 0 amide bonds. The van der Waals surface area contributed by atoms with E-state index in [2.05, 4.69) is 14.9 Å². The maximum Gasteiger partial charge on any atom is 0.159 e. The van der Waals surface area contributed by atoms with Gasteiger partial charge in [-0.15, -0.1) is 0 Å². The highest BCUT2D eigenvalue weighted by Crippen LogP contribution is 2.27. The van der Waals surface area contributed by atoms with E-state index in [9.17, 15) is 4.39 Å². The molecule has 0 radical (unpaired) electrons. The molecule has 1 saturated heterocycles. The minimum absolute atomic E-state index is 0.278. The second-order valence-electron chi connectivity index (χ2n) is 3.40. The van der Waals surface area contributed by atoms with E-state index in [0.717, 1.165) is 18.8 Å². The van der Waals surface area contributed by atoms with Gasteiger partial charge in [0.2, 0.25) is 0 Å². The van der Waals surface area contributed by atoms with Crippen LogP contribution in [0.15, 0.2) is 12.4 Å². The Morgan fingerprint density at radius 3 is 2.69 bits per heavy atom. The highest BCUT2D eigenvalue weighted by molar-refractivity contribution is 4.99. The van der Waals surface area contributed by atoms with Crippen LogP contribution in [0.5, 0.6) is 0 Å². The topological polar surface area (TPSA) is 29.0 Å². The van der Waals surface area contributed by atoms with Crippen LogP contribution in [-0.4, -0.2) is 28.5 Å². The average Bonchev–Trinajstić information content (AvgIpc) is 2.53. The third-order valence-electron chi connectivity index (χ3n) is 2.46. The van der Waals surface area contributed by atoms with Gasteiger partial charge in [0.25, 0.3) is 0 Å². The van der Waals surface area contributed by atoms with Crippen molar-refractivity contribution in [3.8, 4) is 0 Å². The molecule has 3 nitrogen and oxygen atoms in total. The summed E-state index contributed by atoms with van der Waals surface area (Å²) < 4.78 is 12.5. The quantitative estimate of drug-likeness (QED) is 0.655. The number of hydrogen-bond acceptors (Lipinski definition) is 3. The predicted octanol–water partition coefficient (Wildman–Crippen LogP) is 1.38. The van der Waals surface area contributed by atoms with Crippen molar-refractivity contribution in [1.82, 2.24) is 14.9 Å². The van der Waals surface area contributed by atoms with Crippen molar-refractivity contribution in [3.63, 3.8) is 0 Å². The van der Waals surface area contributed by atoms with E-state index in [1.807, 2.05) is 7.05 Å². The molecule has 1 atom stereocenters. The minimum Gasteiger partial charge on any atom is -0.296 e. The van der Waals surface area contributed by atoms with Crippen molar-refractivity contribution in [2.75, 3.05) is 13.6 Å². The summed E-state index contributed by atoms with van der Waals surface area (Å²) in [6.45, 7) is 1.07. The smallest absolute Gasteiger partial charge is 0.159 e. The molecule has 0 saturated carbocycles. The lowest BCUT2D eigenvalue weighted by molar-refractivity contribution is 0.305. The first-order valence-corrected chi connectivity index (χ1v) is 4.45. The van der Waals surface area contributed by atoms with Gasteiger partial charge in [-0.3, -0.25) is 4.90 Å². The molecule has 0 N–H and O–H groups in total. The molecule has 1 aromatic rings. The highest BCUT2D eigenvalue weighted by Gasteiger charge is 2.24. The molecule has 0 unspecified atom stereocenters. The number of nitrogens with zero attached hydrogens (tertiary/aromatic N) is 3. The van der Waals surface area contributed by atoms with Gasteiger partial charge in [-0.1, -0.05) is 0 Å². The van der Waals surface area contributed by atoms with Crippen LogP contribution in [0.2, 0.25) is 0 Å². The zero-order chi connectivity index (χ0) is 9.26. The Morgan fingerprint density at radius 1 is 1.46 bits per heavy atom. The molecule has 13 heavy (non-hydrogen) atoms. The molecular weight excluding hydrogens is 169 g/mol. The Labute approximate surface area is 76.6 Å². The highest BCUT2D eigenvalue weighted by atomic mass is 19.1. The van der Waals surface area contributed by atoms with Gasteiger partial charge in [-0.25, -0.2) is 14.4 Å². The van der Waals surface area contributed by atoms with Gasteiger partial charge < -0.3 is 0 Å². The third-order valence-corrected chi connectivity index (χ3v) is 2.46. The van der Waals surface area contributed by atoms with Crippen LogP contribution >= 0.6 is 0 Å². The van der Waals surface area contributed by atoms with E-state index >= 15 is 0 Å². The lowest BCUT2D eigenvalue weighted by Gasteiger charge is -2.17. The van der Waals surface area contributed by atoms with Crippen molar-refractivity contribution >= 4 is 0 Å². The molecule has 2 rings (SSSR count). The summed E-state index contributed by atoms with van der Waals surface area (Å²) >= 11 is 0. The summed E-state index contributed by atoms with van der Waals surface area (Å²) in [5.41, 5.74) is 0. The van der Waals surface area contributed by atoms with Crippen LogP contribution in [-0.2, 0) is 0 Å². The maximum absolute atomic E-state index is 12.5. The van der Waals surface area contributed by atoms with E-state index in [4.69, 9.17) is 0 Å². The number of likely N-dealkylation sites (tertiary alicyclic amines) is 1. The standard InChI is InChI=1S/C9H12FN3/c1-13-4-2-3-8(13)9-11-5-7(10)6-12-9/h5-6,8H,2-4H2,1H3/t8-/m1/s1. The zero-order valence-electron chi connectivity index (χ0n) is 7.57. The maximum atomic E-state index is 12.5. The van der Waals surface area contributed by atoms with Crippen LogP contribution in [0.3, 0.4) is 0 Å². The van der Waals surface area contributed by atoms with Gasteiger partial charge in [-0.05, 0) is 26.4 Å². The lowest BCUT2D eigenvalue weighted by Crippen LogP contribution is -2.19. The Kier molecular flexibility index (Phi) is 2.22. The molecule has 0 spiro atoms. The molecule has 1 aliphatic rings. The van der Waals surface area contributed by atoms with Gasteiger partial charge in [0.05, 0.1) is 18.4 Å². The summed E-state index contributed by atoms with van der Waals surface area (Å²) in [5.74, 6) is 0.366. The number of aromatic nitrogens is 2. The SMILES string of the molecule is CN1CCC[C@@H]1c1ncc(F)cn1. The van der Waals surface area contributed by atoms with E-state index < -0.39 is 0 Å². The van der Waals surface area contributed by atoms with Crippen molar-refractivity contribution in [1.29, 1.82) is 0 Å². The van der Waals surface area contributed by atoms with Gasteiger partial charge in [-0.2, -0.15) is 0 Å². The summed E-state index contributed by atoms with van der Waals surface area (Å²) in [6.07, 6.45) is 4.70. The lowest BCUT2D eigenvalue weighted by atomic mass is 10.2. The van der Waals surface area contributed by atoms with Crippen molar-refractivity contribution < 1.29 is 4.39 Å². The van der Waals surface area contributed by atoms with Crippen molar-refractivity contribution in [2.24, 2.45) is 0 Å². The fourth-order valence-electron chi connectivity index (χ4n) is 1.73. The first-order chi connectivity index (χ1) is 6.27. The Balaban J connectivity index is 2.20. The van der Waals surface area contributed by atoms with E-state index in [1.54, 1.807) is 0 Å². The monoisotopic (exact) mass is 181 g/mol. The first-order valence-electron chi connectivity index (χ1n) is 4.45. The molecule has 0 aromatic carbocycles. The molecule has 2 heterocycles. The van der Waals surface area contributed by atoms with E-state index in [1.165, 1.54) is 18.8 Å². The molecule has 70 valence electrons. The van der Waals surface area contributed by atoms with Crippen LogP contribution in [0, 0.1) is 5.82 Å². The van der Waals surface area contributed by atoms with Crippen molar-refractivity contribution in [3.05, 3.63) is 24.0 Å². The fourth-order valence-corrected chi connectivity index (χ4v) is 1.73. The van der Waals surface area contributed by atoms with Crippen LogP contribution in [0.25, 0.3) is 0 Å². The molecule has 0 bridgehead atoms. The molecule has 0 aliphatic carbocycles. The Hall–Kier alpha value is -1.03. The van der Waals surface area contributed by atoms with Gasteiger partial charge in [0.1, 0.15) is 5.82 Å². The third kappa shape index (κ3) is 1.67.